The van der Waals surface area contributed by atoms with Gasteiger partial charge in [-0.15, -0.1) is 0 Å². The van der Waals surface area contributed by atoms with E-state index in [2.05, 4.69) is 24.2 Å². The van der Waals surface area contributed by atoms with Crippen molar-refractivity contribution in [3.05, 3.63) is 24.2 Å². The molecular formula is C13H20N2OS. The standard InChI is InChI=1S/C13H20N2OS/c1-3-11-9-17-13(15-11)14-10(2)6-7-12-5-4-8-16-12/h4-5,8,10-11H,3,6-7,9H2,1-2H3,(H,14,15). The van der Waals surface area contributed by atoms with Gasteiger partial charge in [0.25, 0.3) is 0 Å². The number of amidine groups is 1. The summed E-state index contributed by atoms with van der Waals surface area (Å²) in [5.74, 6) is 2.19. The van der Waals surface area contributed by atoms with Crippen LogP contribution in [0.2, 0.25) is 0 Å². The molecule has 1 N–H and O–H groups in total. The molecule has 0 radical (unpaired) electrons. The van der Waals surface area contributed by atoms with Crippen LogP contribution in [0.15, 0.2) is 27.8 Å². The van der Waals surface area contributed by atoms with Crippen LogP contribution in [0, 0.1) is 0 Å². The Kier molecular flexibility index (Phi) is 4.54. The largest absolute Gasteiger partial charge is 0.469 e. The van der Waals surface area contributed by atoms with E-state index in [1.165, 1.54) is 0 Å². The maximum Gasteiger partial charge on any atom is 0.157 e. The molecule has 0 spiro atoms. The fourth-order valence-corrected chi connectivity index (χ4v) is 2.97. The first-order valence-corrected chi connectivity index (χ1v) is 7.26. The monoisotopic (exact) mass is 252 g/mol. The molecule has 0 bridgehead atoms. The summed E-state index contributed by atoms with van der Waals surface area (Å²) in [4.78, 5) is 4.64. The van der Waals surface area contributed by atoms with E-state index < -0.39 is 0 Å². The molecule has 1 aromatic rings. The molecule has 0 aromatic carbocycles. The number of hydrogen-bond acceptors (Lipinski definition) is 4. The van der Waals surface area contributed by atoms with Crippen molar-refractivity contribution in [2.24, 2.45) is 4.99 Å². The number of thioether (sulfide) groups is 1. The molecule has 0 fully saturated rings. The van der Waals surface area contributed by atoms with Crippen molar-refractivity contribution in [3.63, 3.8) is 0 Å². The normalized spacial score (nSPS) is 21.3. The molecule has 94 valence electrons. The Labute approximate surface area is 107 Å². The second-order valence-corrected chi connectivity index (χ2v) is 5.48. The first kappa shape index (κ1) is 12.6. The lowest BCUT2D eigenvalue weighted by atomic mass is 10.1. The topological polar surface area (TPSA) is 37.5 Å². The third-order valence-electron chi connectivity index (χ3n) is 2.96. The predicted octanol–water partition coefficient (Wildman–Crippen LogP) is 3.07. The molecular weight excluding hydrogens is 232 g/mol. The molecule has 4 heteroatoms. The third kappa shape index (κ3) is 3.80. The van der Waals surface area contributed by atoms with Crippen LogP contribution in [-0.4, -0.2) is 23.0 Å². The van der Waals surface area contributed by atoms with Gasteiger partial charge in [-0.3, -0.25) is 4.99 Å². The summed E-state index contributed by atoms with van der Waals surface area (Å²) in [7, 11) is 0. The van der Waals surface area contributed by atoms with Crippen LogP contribution in [-0.2, 0) is 6.42 Å². The molecule has 2 heterocycles. The van der Waals surface area contributed by atoms with E-state index in [9.17, 15) is 0 Å². The Morgan fingerprint density at radius 3 is 3.18 bits per heavy atom. The SMILES string of the molecule is CCC1CSC(NC(C)CCc2ccco2)=N1. The second kappa shape index (κ2) is 6.15. The molecule has 17 heavy (non-hydrogen) atoms. The first-order chi connectivity index (χ1) is 8.28. The van der Waals surface area contributed by atoms with Crippen LogP contribution >= 0.6 is 11.8 Å². The average Bonchev–Trinajstić information content (AvgIpc) is 2.97. The van der Waals surface area contributed by atoms with Crippen molar-refractivity contribution in [3.8, 4) is 0 Å². The molecule has 0 saturated carbocycles. The van der Waals surface area contributed by atoms with Gasteiger partial charge in [0.1, 0.15) is 5.76 Å². The van der Waals surface area contributed by atoms with E-state index in [0.717, 1.165) is 35.9 Å². The Morgan fingerprint density at radius 1 is 1.65 bits per heavy atom. The highest BCUT2D eigenvalue weighted by molar-refractivity contribution is 8.14. The maximum absolute atomic E-state index is 5.33. The Bertz CT molecular complexity index is 362. The summed E-state index contributed by atoms with van der Waals surface area (Å²) in [5, 5.41) is 4.59. The van der Waals surface area contributed by atoms with Crippen molar-refractivity contribution in [2.45, 2.75) is 45.2 Å². The highest BCUT2D eigenvalue weighted by Gasteiger charge is 2.17. The fourth-order valence-electron chi connectivity index (χ4n) is 1.80. The highest BCUT2D eigenvalue weighted by atomic mass is 32.2. The van der Waals surface area contributed by atoms with Crippen molar-refractivity contribution in [1.82, 2.24) is 5.32 Å². The van der Waals surface area contributed by atoms with E-state index in [0.29, 0.717) is 12.1 Å². The summed E-state index contributed by atoms with van der Waals surface area (Å²) in [6.45, 7) is 4.39. The van der Waals surface area contributed by atoms with Gasteiger partial charge < -0.3 is 9.73 Å². The zero-order chi connectivity index (χ0) is 12.1. The number of nitrogens with one attached hydrogen (secondary N) is 1. The van der Waals surface area contributed by atoms with E-state index in [1.807, 2.05) is 23.9 Å². The van der Waals surface area contributed by atoms with Gasteiger partial charge in [-0.05, 0) is 31.9 Å². The van der Waals surface area contributed by atoms with Crippen LogP contribution in [0.5, 0.6) is 0 Å². The Balaban J connectivity index is 1.72. The summed E-state index contributed by atoms with van der Waals surface area (Å²) in [6, 6.07) is 4.93. The zero-order valence-electron chi connectivity index (χ0n) is 10.5. The van der Waals surface area contributed by atoms with E-state index in [1.54, 1.807) is 6.26 Å². The minimum atomic E-state index is 0.446. The molecule has 3 nitrogen and oxygen atoms in total. The molecule has 1 aliphatic heterocycles. The number of hydrogen-bond donors (Lipinski definition) is 1. The summed E-state index contributed by atoms with van der Waals surface area (Å²) in [5.41, 5.74) is 0. The summed E-state index contributed by atoms with van der Waals surface area (Å²) >= 11 is 1.84. The lowest BCUT2D eigenvalue weighted by molar-refractivity contribution is 0.483. The van der Waals surface area contributed by atoms with E-state index >= 15 is 0 Å². The number of nitrogens with zero attached hydrogens (tertiary/aromatic N) is 1. The summed E-state index contributed by atoms with van der Waals surface area (Å²) < 4.78 is 5.33. The van der Waals surface area contributed by atoms with E-state index in [-0.39, 0.29) is 0 Å². The summed E-state index contributed by atoms with van der Waals surface area (Å²) in [6.07, 6.45) is 4.93. The smallest absolute Gasteiger partial charge is 0.157 e. The molecule has 2 atom stereocenters. The van der Waals surface area contributed by atoms with Crippen molar-refractivity contribution in [2.75, 3.05) is 5.75 Å². The maximum atomic E-state index is 5.33. The van der Waals surface area contributed by atoms with Crippen LogP contribution < -0.4 is 5.32 Å². The molecule has 2 unspecified atom stereocenters. The van der Waals surface area contributed by atoms with Crippen LogP contribution in [0.25, 0.3) is 0 Å². The second-order valence-electron chi connectivity index (χ2n) is 4.47. The molecule has 0 saturated heterocycles. The number of furan rings is 1. The zero-order valence-corrected chi connectivity index (χ0v) is 11.3. The average molecular weight is 252 g/mol. The van der Waals surface area contributed by atoms with E-state index in [4.69, 9.17) is 4.42 Å². The Hall–Kier alpha value is -0.900. The molecule has 1 aromatic heterocycles. The lowest BCUT2D eigenvalue weighted by Gasteiger charge is -2.13. The van der Waals surface area contributed by atoms with Crippen LogP contribution in [0.4, 0.5) is 0 Å². The lowest BCUT2D eigenvalue weighted by Crippen LogP contribution is -2.30. The minimum Gasteiger partial charge on any atom is -0.469 e. The highest BCUT2D eigenvalue weighted by Crippen LogP contribution is 2.19. The van der Waals surface area contributed by atoms with Crippen LogP contribution in [0.3, 0.4) is 0 Å². The van der Waals surface area contributed by atoms with Crippen molar-refractivity contribution >= 4 is 16.9 Å². The molecule has 0 aliphatic carbocycles. The number of aliphatic imine (C=N–C) groups is 1. The van der Waals surface area contributed by atoms with Crippen molar-refractivity contribution < 1.29 is 4.42 Å². The van der Waals surface area contributed by atoms with Crippen molar-refractivity contribution in [1.29, 1.82) is 0 Å². The van der Waals surface area contributed by atoms with Gasteiger partial charge in [-0.1, -0.05) is 18.7 Å². The quantitative estimate of drug-likeness (QED) is 0.875. The first-order valence-electron chi connectivity index (χ1n) is 6.27. The van der Waals surface area contributed by atoms with Gasteiger partial charge in [0.15, 0.2) is 5.17 Å². The predicted molar refractivity (Wildman–Crippen MR) is 73.6 cm³/mol. The fraction of sp³-hybridized carbons (Fsp3) is 0.615. The molecule has 0 amide bonds. The van der Waals surface area contributed by atoms with Gasteiger partial charge in [-0.25, -0.2) is 0 Å². The van der Waals surface area contributed by atoms with Gasteiger partial charge in [0, 0.05) is 18.2 Å². The third-order valence-corrected chi connectivity index (χ3v) is 4.01. The van der Waals surface area contributed by atoms with Gasteiger partial charge in [0.05, 0.1) is 12.3 Å². The molecule has 2 rings (SSSR count). The minimum absolute atomic E-state index is 0.446. The number of aryl methyl sites for hydroxylation is 1. The molecule has 1 aliphatic rings. The number of rotatable bonds is 5. The van der Waals surface area contributed by atoms with Gasteiger partial charge >= 0.3 is 0 Å². The van der Waals surface area contributed by atoms with Crippen LogP contribution in [0.1, 0.15) is 32.4 Å². The van der Waals surface area contributed by atoms with Gasteiger partial charge in [-0.2, -0.15) is 0 Å². The van der Waals surface area contributed by atoms with Gasteiger partial charge in [0.2, 0.25) is 0 Å². The Morgan fingerprint density at radius 2 is 2.53 bits per heavy atom.